The minimum atomic E-state index is -0.116. The van der Waals surface area contributed by atoms with Crippen LogP contribution in [-0.4, -0.2) is 38.4 Å². The van der Waals surface area contributed by atoms with Gasteiger partial charge in [-0.1, -0.05) is 23.0 Å². The third-order valence-electron chi connectivity index (χ3n) is 4.09. The van der Waals surface area contributed by atoms with Crippen LogP contribution >= 0.6 is 11.8 Å². The molecular weight excluding hydrogens is 354 g/mol. The number of hydrogen-bond donors (Lipinski definition) is 2. The Bertz CT molecular complexity index is 916. The summed E-state index contributed by atoms with van der Waals surface area (Å²) in [5.74, 6) is 1.08. The van der Waals surface area contributed by atoms with Crippen molar-refractivity contribution in [2.24, 2.45) is 0 Å². The number of hydrogen-bond acceptors (Lipinski definition) is 7. The number of ether oxygens (including phenoxy) is 1. The Morgan fingerprint density at radius 3 is 3.19 bits per heavy atom. The topological polar surface area (TPSA) is 106 Å². The summed E-state index contributed by atoms with van der Waals surface area (Å²) in [4.78, 5) is 24.0. The normalized spacial score (nSPS) is 17.0. The predicted molar refractivity (Wildman–Crippen MR) is 95.6 cm³/mol. The van der Waals surface area contributed by atoms with Crippen LogP contribution < -0.4 is 5.32 Å². The number of aromatic nitrogens is 4. The second-order valence-corrected chi connectivity index (χ2v) is 7.14. The monoisotopic (exact) mass is 373 g/mol. The highest BCUT2D eigenvalue weighted by Crippen LogP contribution is 2.26. The van der Waals surface area contributed by atoms with E-state index < -0.39 is 0 Å². The van der Waals surface area contributed by atoms with Crippen molar-refractivity contribution >= 4 is 28.7 Å². The van der Waals surface area contributed by atoms with Crippen LogP contribution in [0.25, 0.3) is 11.0 Å². The molecule has 4 rings (SSSR count). The molecular formula is C17H19N5O3S. The van der Waals surface area contributed by atoms with Crippen molar-refractivity contribution in [3.8, 4) is 0 Å². The molecule has 1 aliphatic rings. The van der Waals surface area contributed by atoms with E-state index >= 15 is 0 Å². The van der Waals surface area contributed by atoms with E-state index in [2.05, 4.69) is 25.4 Å². The van der Waals surface area contributed by atoms with Gasteiger partial charge in [-0.25, -0.2) is 4.98 Å². The molecule has 1 fully saturated rings. The third kappa shape index (κ3) is 3.88. The van der Waals surface area contributed by atoms with Gasteiger partial charge in [0.25, 0.3) is 5.89 Å². The molecule has 9 heteroatoms. The summed E-state index contributed by atoms with van der Waals surface area (Å²) < 4.78 is 10.7. The molecule has 0 bridgehead atoms. The van der Waals surface area contributed by atoms with Crippen LogP contribution in [0, 0.1) is 6.92 Å². The first-order chi connectivity index (χ1) is 12.7. The Morgan fingerprint density at radius 2 is 2.35 bits per heavy atom. The molecule has 0 aliphatic carbocycles. The summed E-state index contributed by atoms with van der Waals surface area (Å²) in [6.07, 6.45) is 1.78. The van der Waals surface area contributed by atoms with Crippen molar-refractivity contribution < 1.29 is 14.1 Å². The first kappa shape index (κ1) is 17.0. The number of carbonyl (C=O) groups excluding carboxylic acids is 1. The zero-order valence-corrected chi connectivity index (χ0v) is 15.1. The van der Waals surface area contributed by atoms with Gasteiger partial charge in [0.05, 0.1) is 23.3 Å². The summed E-state index contributed by atoms with van der Waals surface area (Å²) in [6.45, 7) is 2.98. The van der Waals surface area contributed by atoms with Crippen LogP contribution in [0.4, 0.5) is 0 Å². The number of aromatic amines is 1. The van der Waals surface area contributed by atoms with Crippen LogP contribution in [0.5, 0.6) is 0 Å². The van der Waals surface area contributed by atoms with Gasteiger partial charge in [-0.2, -0.15) is 4.98 Å². The van der Waals surface area contributed by atoms with Crippen LogP contribution in [0.2, 0.25) is 0 Å². The van der Waals surface area contributed by atoms with Gasteiger partial charge < -0.3 is 19.6 Å². The second-order valence-electron chi connectivity index (χ2n) is 6.18. The van der Waals surface area contributed by atoms with Crippen LogP contribution in [-0.2, 0) is 16.1 Å². The lowest BCUT2D eigenvalue weighted by atomic mass is 10.2. The lowest BCUT2D eigenvalue weighted by molar-refractivity contribution is -0.118. The maximum absolute atomic E-state index is 12.0. The van der Waals surface area contributed by atoms with Gasteiger partial charge in [0.15, 0.2) is 11.0 Å². The number of fused-ring (bicyclic) bond motifs is 1. The van der Waals surface area contributed by atoms with Crippen molar-refractivity contribution in [2.75, 3.05) is 12.4 Å². The van der Waals surface area contributed by atoms with E-state index in [1.165, 1.54) is 11.8 Å². The number of amides is 1. The largest absolute Gasteiger partial charge is 0.368 e. The highest BCUT2D eigenvalue weighted by atomic mass is 32.2. The van der Waals surface area contributed by atoms with Crippen LogP contribution in [0.1, 0.15) is 36.2 Å². The number of imidazole rings is 1. The van der Waals surface area contributed by atoms with E-state index in [4.69, 9.17) is 9.26 Å². The lowest BCUT2D eigenvalue weighted by Gasteiger charge is -2.01. The summed E-state index contributed by atoms with van der Waals surface area (Å²) in [6, 6.07) is 6.02. The molecule has 1 atom stereocenters. The molecule has 1 amide bonds. The Hall–Kier alpha value is -2.39. The standard InChI is InChI=1S/C17H19N5O3S/c1-10-4-5-11-12(7-10)20-17(19-11)26-9-15(23)18-8-14-21-16(25-22-14)13-3-2-6-24-13/h4-5,7,13H,2-3,6,8-9H2,1H3,(H,18,23)(H,19,20)/t13-/m1/s1. The summed E-state index contributed by atoms with van der Waals surface area (Å²) in [5, 5.41) is 7.39. The second kappa shape index (κ2) is 7.46. The molecule has 1 aliphatic heterocycles. The van der Waals surface area contributed by atoms with Gasteiger partial charge in [0, 0.05) is 6.61 Å². The Kier molecular flexibility index (Phi) is 4.89. The first-order valence-electron chi connectivity index (χ1n) is 8.47. The number of rotatable bonds is 6. The number of nitrogens with zero attached hydrogens (tertiary/aromatic N) is 3. The Labute approximate surface area is 154 Å². The van der Waals surface area contributed by atoms with E-state index in [9.17, 15) is 4.79 Å². The molecule has 0 saturated carbocycles. The average molecular weight is 373 g/mol. The van der Waals surface area contributed by atoms with Crippen molar-refractivity contribution in [3.05, 3.63) is 35.5 Å². The first-order valence-corrected chi connectivity index (χ1v) is 9.46. The summed E-state index contributed by atoms with van der Waals surface area (Å²) >= 11 is 1.36. The third-order valence-corrected chi connectivity index (χ3v) is 4.96. The minimum Gasteiger partial charge on any atom is -0.368 e. The molecule has 26 heavy (non-hydrogen) atoms. The maximum Gasteiger partial charge on any atom is 0.255 e. The fraction of sp³-hybridized carbons (Fsp3) is 0.412. The van der Waals surface area contributed by atoms with Gasteiger partial charge in [-0.15, -0.1) is 0 Å². The highest BCUT2D eigenvalue weighted by Gasteiger charge is 2.23. The van der Waals surface area contributed by atoms with Crippen LogP contribution in [0.3, 0.4) is 0 Å². The summed E-state index contributed by atoms with van der Waals surface area (Å²) in [5.41, 5.74) is 3.03. The van der Waals surface area contributed by atoms with Gasteiger partial charge in [-0.3, -0.25) is 4.79 Å². The lowest BCUT2D eigenvalue weighted by Crippen LogP contribution is -2.25. The van der Waals surface area contributed by atoms with E-state index in [0.29, 0.717) is 11.7 Å². The smallest absolute Gasteiger partial charge is 0.255 e. The zero-order valence-electron chi connectivity index (χ0n) is 14.3. The quantitative estimate of drug-likeness (QED) is 0.640. The maximum atomic E-state index is 12.0. The number of thioether (sulfide) groups is 1. The number of carbonyl (C=O) groups is 1. The molecule has 0 spiro atoms. The van der Waals surface area contributed by atoms with Gasteiger partial charge in [0.2, 0.25) is 5.91 Å². The Morgan fingerprint density at radius 1 is 1.42 bits per heavy atom. The van der Waals surface area contributed by atoms with Crippen molar-refractivity contribution in [1.29, 1.82) is 0 Å². The number of nitrogens with one attached hydrogen (secondary N) is 2. The predicted octanol–water partition coefficient (Wildman–Crippen LogP) is 2.51. The molecule has 8 nitrogen and oxygen atoms in total. The number of H-pyrrole nitrogens is 1. The van der Waals surface area contributed by atoms with Crippen molar-refractivity contribution in [1.82, 2.24) is 25.4 Å². The fourth-order valence-corrected chi connectivity index (χ4v) is 3.49. The van der Waals surface area contributed by atoms with Gasteiger partial charge in [0.1, 0.15) is 6.10 Å². The molecule has 2 N–H and O–H groups in total. The molecule has 3 aromatic rings. The highest BCUT2D eigenvalue weighted by molar-refractivity contribution is 7.99. The minimum absolute atomic E-state index is 0.112. The van der Waals surface area contributed by atoms with Gasteiger partial charge in [-0.05, 0) is 37.5 Å². The van der Waals surface area contributed by atoms with Crippen LogP contribution in [0.15, 0.2) is 27.9 Å². The molecule has 3 heterocycles. The zero-order chi connectivity index (χ0) is 17.9. The molecule has 2 aromatic heterocycles. The van der Waals surface area contributed by atoms with E-state index in [1.807, 2.05) is 25.1 Å². The van der Waals surface area contributed by atoms with E-state index in [0.717, 1.165) is 41.2 Å². The molecule has 1 saturated heterocycles. The van der Waals surface area contributed by atoms with Gasteiger partial charge >= 0.3 is 0 Å². The number of aryl methyl sites for hydroxylation is 1. The molecule has 0 unspecified atom stereocenters. The SMILES string of the molecule is Cc1ccc2nc(SCC(=O)NCc3noc([C@H]4CCCO4)n3)[nH]c2c1. The number of benzene rings is 1. The van der Waals surface area contributed by atoms with E-state index in [-0.39, 0.29) is 24.3 Å². The average Bonchev–Trinajstić information content (AvgIpc) is 3.36. The molecule has 136 valence electrons. The summed E-state index contributed by atoms with van der Waals surface area (Å²) in [7, 11) is 0. The molecule has 1 aromatic carbocycles. The Balaban J connectivity index is 1.27. The fourth-order valence-electron chi connectivity index (χ4n) is 2.77. The van der Waals surface area contributed by atoms with E-state index in [1.54, 1.807) is 0 Å². The van der Waals surface area contributed by atoms with Crippen molar-refractivity contribution in [2.45, 2.75) is 37.6 Å². The van der Waals surface area contributed by atoms with Crippen molar-refractivity contribution in [3.63, 3.8) is 0 Å². The molecule has 0 radical (unpaired) electrons.